The molecule has 0 amide bonds. The predicted molar refractivity (Wildman–Crippen MR) is 40.5 cm³/mol. The first kappa shape index (κ1) is 14.7. The Balaban J connectivity index is 4.47. The minimum absolute atomic E-state index is 1.28. The van der Waals surface area contributed by atoms with Crippen LogP contribution in [0.3, 0.4) is 0 Å². The highest BCUT2D eigenvalue weighted by molar-refractivity contribution is 6.19. The van der Waals surface area contributed by atoms with Crippen LogP contribution in [-0.2, 0) is 9.59 Å². The van der Waals surface area contributed by atoms with Gasteiger partial charge in [-0.3, -0.25) is 9.59 Å². The lowest BCUT2D eigenvalue weighted by atomic mass is 10.0. The van der Waals surface area contributed by atoms with Crippen LogP contribution in [0.15, 0.2) is 12.2 Å². The molecule has 92 valence electrons. The Morgan fingerprint density at radius 2 is 1.06 bits per heavy atom. The molecular formula is C8H6F6O2. The summed E-state index contributed by atoms with van der Waals surface area (Å²) in [5, 5.41) is 0. The molecule has 0 spiro atoms. The van der Waals surface area contributed by atoms with E-state index in [1.807, 2.05) is 0 Å². The van der Waals surface area contributed by atoms with E-state index in [9.17, 15) is 35.9 Å². The van der Waals surface area contributed by atoms with Gasteiger partial charge >= 0.3 is 12.4 Å². The summed E-state index contributed by atoms with van der Waals surface area (Å²) in [5.41, 5.74) is -1.28. The van der Waals surface area contributed by atoms with Gasteiger partial charge in [0.2, 0.25) is 0 Å². The maximum atomic E-state index is 11.7. The molecule has 2 nitrogen and oxygen atoms in total. The molecule has 0 unspecified atom stereocenters. The van der Waals surface area contributed by atoms with E-state index >= 15 is 0 Å². The monoisotopic (exact) mass is 248 g/mol. The van der Waals surface area contributed by atoms with Gasteiger partial charge in [0.15, 0.2) is 11.6 Å². The average Bonchev–Trinajstić information content (AvgIpc) is 1.96. The van der Waals surface area contributed by atoms with Crippen LogP contribution in [0.4, 0.5) is 26.3 Å². The number of alkyl halides is 6. The summed E-state index contributed by atoms with van der Waals surface area (Å²) in [4.78, 5) is 21.4. The maximum absolute atomic E-state index is 11.7. The molecular weight excluding hydrogens is 242 g/mol. The Morgan fingerprint density at radius 3 is 1.25 bits per heavy atom. The molecule has 0 rings (SSSR count). The van der Waals surface area contributed by atoms with Crippen LogP contribution in [0.25, 0.3) is 0 Å². The molecule has 16 heavy (non-hydrogen) atoms. The van der Waals surface area contributed by atoms with Gasteiger partial charge < -0.3 is 0 Å². The van der Waals surface area contributed by atoms with Crippen molar-refractivity contribution < 1.29 is 35.9 Å². The molecule has 0 aromatic rings. The number of halogens is 6. The molecule has 0 aliphatic carbocycles. The largest absolute Gasteiger partial charge is 0.396 e. The van der Waals surface area contributed by atoms with E-state index in [0.29, 0.717) is 0 Å². The maximum Gasteiger partial charge on any atom is 0.396 e. The smallest absolute Gasteiger partial charge is 0.294 e. The Morgan fingerprint density at radius 1 is 0.812 bits per heavy atom. The zero-order valence-electron chi connectivity index (χ0n) is 7.71. The number of carbonyl (C=O) groups is 2. The quantitative estimate of drug-likeness (QED) is 0.331. The highest BCUT2D eigenvalue weighted by atomic mass is 19.4. The average molecular weight is 248 g/mol. The minimum Gasteiger partial charge on any atom is -0.294 e. The van der Waals surface area contributed by atoms with Crippen molar-refractivity contribution in [2.75, 3.05) is 0 Å². The van der Waals surface area contributed by atoms with Gasteiger partial charge in [0.25, 0.3) is 0 Å². The number of allylic oxidation sites excluding steroid dienone is 1. The van der Waals surface area contributed by atoms with Crippen LogP contribution in [0.1, 0.15) is 12.8 Å². The van der Waals surface area contributed by atoms with Crippen LogP contribution in [0.5, 0.6) is 0 Å². The van der Waals surface area contributed by atoms with Gasteiger partial charge in [0, 0.05) is 0 Å². The summed E-state index contributed by atoms with van der Waals surface area (Å²) >= 11 is 0. The fourth-order valence-electron chi connectivity index (χ4n) is 0.733. The number of hydrogen-bond acceptors (Lipinski definition) is 2. The standard InChI is InChI=1S/C8H6F6O2/c1-4(5(15)2-7(9,10)11)6(16)3-8(12,13)14/h1-3H2. The molecule has 0 saturated carbocycles. The normalized spacial score (nSPS) is 12.4. The summed E-state index contributed by atoms with van der Waals surface area (Å²) in [6.45, 7) is 2.62. The van der Waals surface area contributed by atoms with Gasteiger partial charge in [-0.15, -0.1) is 0 Å². The van der Waals surface area contributed by atoms with Crippen molar-refractivity contribution >= 4 is 11.6 Å². The van der Waals surface area contributed by atoms with E-state index in [1.54, 1.807) is 0 Å². The zero-order valence-corrected chi connectivity index (χ0v) is 7.71. The molecule has 0 aliphatic heterocycles. The van der Waals surface area contributed by atoms with E-state index in [2.05, 4.69) is 6.58 Å². The van der Waals surface area contributed by atoms with Crippen LogP contribution in [0.2, 0.25) is 0 Å². The van der Waals surface area contributed by atoms with Gasteiger partial charge in [0.05, 0.1) is 5.57 Å². The van der Waals surface area contributed by atoms with E-state index in [0.717, 1.165) is 0 Å². The molecule has 0 N–H and O–H groups in total. The summed E-state index contributed by atoms with van der Waals surface area (Å²) in [5.74, 6) is -3.50. The van der Waals surface area contributed by atoms with Gasteiger partial charge in [-0.25, -0.2) is 0 Å². The number of carbonyl (C=O) groups excluding carboxylic acids is 2. The van der Waals surface area contributed by atoms with Crippen molar-refractivity contribution in [2.24, 2.45) is 0 Å². The fraction of sp³-hybridized carbons (Fsp3) is 0.500. The molecule has 0 aromatic carbocycles. The second kappa shape index (κ2) is 4.67. The molecule has 0 bridgehead atoms. The lowest BCUT2D eigenvalue weighted by Crippen LogP contribution is -2.23. The minimum atomic E-state index is -4.88. The Bertz CT molecular complexity index is 281. The first-order chi connectivity index (χ1) is 6.92. The number of hydrogen-bond donors (Lipinski definition) is 0. The Labute approximate surface area is 85.9 Å². The third-order valence-electron chi connectivity index (χ3n) is 1.40. The second-order valence-corrected chi connectivity index (χ2v) is 2.91. The van der Waals surface area contributed by atoms with E-state index < -0.39 is 42.3 Å². The topological polar surface area (TPSA) is 34.1 Å². The first-order valence-electron chi connectivity index (χ1n) is 3.81. The summed E-state index contributed by atoms with van der Waals surface area (Å²) in [7, 11) is 0. The van der Waals surface area contributed by atoms with Crippen molar-refractivity contribution in [2.45, 2.75) is 25.2 Å². The SMILES string of the molecule is C=C(C(=O)CC(F)(F)F)C(=O)CC(F)(F)F. The molecule has 0 aliphatic rings. The lowest BCUT2D eigenvalue weighted by molar-refractivity contribution is -0.153. The van der Waals surface area contributed by atoms with Gasteiger partial charge in [-0.2, -0.15) is 26.3 Å². The molecule has 0 radical (unpaired) electrons. The molecule has 0 saturated heterocycles. The number of ketones is 2. The summed E-state index contributed by atoms with van der Waals surface area (Å²) < 4.78 is 70.0. The third kappa shape index (κ3) is 6.20. The highest BCUT2D eigenvalue weighted by Gasteiger charge is 2.37. The molecule has 8 heteroatoms. The Hall–Kier alpha value is -1.34. The van der Waals surface area contributed by atoms with Crippen molar-refractivity contribution in [3.63, 3.8) is 0 Å². The molecule has 0 heterocycles. The van der Waals surface area contributed by atoms with Gasteiger partial charge in [-0.1, -0.05) is 6.58 Å². The van der Waals surface area contributed by atoms with Gasteiger partial charge in [-0.05, 0) is 0 Å². The van der Waals surface area contributed by atoms with Crippen LogP contribution >= 0.6 is 0 Å². The summed E-state index contributed by atoms with van der Waals surface area (Å²) in [6, 6.07) is 0. The second-order valence-electron chi connectivity index (χ2n) is 2.91. The van der Waals surface area contributed by atoms with Crippen molar-refractivity contribution in [1.29, 1.82) is 0 Å². The Kier molecular flexibility index (Phi) is 4.28. The van der Waals surface area contributed by atoms with E-state index in [4.69, 9.17) is 0 Å². The van der Waals surface area contributed by atoms with Gasteiger partial charge in [0.1, 0.15) is 12.8 Å². The lowest BCUT2D eigenvalue weighted by Gasteiger charge is -2.08. The van der Waals surface area contributed by atoms with Crippen LogP contribution in [-0.4, -0.2) is 23.9 Å². The highest BCUT2D eigenvalue weighted by Crippen LogP contribution is 2.25. The van der Waals surface area contributed by atoms with E-state index in [1.165, 1.54) is 0 Å². The van der Waals surface area contributed by atoms with Crippen LogP contribution < -0.4 is 0 Å². The molecule has 0 aromatic heterocycles. The first-order valence-corrected chi connectivity index (χ1v) is 3.81. The molecule has 0 fully saturated rings. The predicted octanol–water partition coefficient (Wildman–Crippen LogP) is 2.59. The number of Topliss-reactive ketones (excluding diaryl/α,β-unsaturated/α-hetero) is 2. The molecule has 0 atom stereocenters. The van der Waals surface area contributed by atoms with Crippen LogP contribution in [0, 0.1) is 0 Å². The number of rotatable bonds is 4. The van der Waals surface area contributed by atoms with Crippen molar-refractivity contribution in [3.8, 4) is 0 Å². The van der Waals surface area contributed by atoms with Crippen molar-refractivity contribution in [3.05, 3.63) is 12.2 Å². The summed E-state index contributed by atoms with van der Waals surface area (Å²) in [6.07, 6.45) is -13.7. The zero-order chi connectivity index (χ0) is 13.1. The van der Waals surface area contributed by atoms with E-state index in [-0.39, 0.29) is 0 Å². The van der Waals surface area contributed by atoms with Crippen molar-refractivity contribution in [1.82, 2.24) is 0 Å². The fourth-order valence-corrected chi connectivity index (χ4v) is 0.733. The third-order valence-corrected chi connectivity index (χ3v) is 1.40.